The molecule has 0 bridgehead atoms. The van der Waals surface area contributed by atoms with Gasteiger partial charge in [0, 0.05) is 6.54 Å². The molecule has 1 unspecified atom stereocenters. The maximum Gasteiger partial charge on any atom is 0.136 e. The second-order valence-corrected chi connectivity index (χ2v) is 4.07. The summed E-state index contributed by atoms with van der Waals surface area (Å²) in [6, 6.07) is 13.4. The molecule has 2 rings (SSSR count). The summed E-state index contributed by atoms with van der Waals surface area (Å²) in [4.78, 5) is 0. The summed E-state index contributed by atoms with van der Waals surface area (Å²) >= 11 is 0. The predicted octanol–water partition coefficient (Wildman–Crippen LogP) is 2.91. The van der Waals surface area contributed by atoms with Crippen molar-refractivity contribution in [1.82, 2.24) is 0 Å². The molecule has 0 radical (unpaired) electrons. The van der Waals surface area contributed by atoms with Crippen molar-refractivity contribution >= 4 is 0 Å². The van der Waals surface area contributed by atoms with Crippen LogP contribution >= 0.6 is 0 Å². The van der Waals surface area contributed by atoms with Crippen molar-refractivity contribution in [2.24, 2.45) is 5.73 Å². The molecular formula is C15H16FNO2. The lowest BCUT2D eigenvalue weighted by Gasteiger charge is -2.18. The van der Waals surface area contributed by atoms with E-state index in [4.69, 9.17) is 15.2 Å². The number of ether oxygens (including phenoxy) is 2. The van der Waals surface area contributed by atoms with Crippen molar-refractivity contribution in [2.45, 2.75) is 6.10 Å². The Hall–Kier alpha value is -2.07. The van der Waals surface area contributed by atoms with Gasteiger partial charge in [0.15, 0.2) is 0 Å². The van der Waals surface area contributed by atoms with Gasteiger partial charge < -0.3 is 15.2 Å². The van der Waals surface area contributed by atoms with E-state index in [1.54, 1.807) is 19.2 Å². The first-order valence-electron chi connectivity index (χ1n) is 5.99. The minimum absolute atomic E-state index is 0.267. The zero-order valence-electron chi connectivity index (χ0n) is 10.7. The molecular weight excluding hydrogens is 245 g/mol. The molecule has 2 aromatic carbocycles. The Kier molecular flexibility index (Phi) is 4.36. The van der Waals surface area contributed by atoms with Crippen molar-refractivity contribution in [1.29, 1.82) is 0 Å². The Morgan fingerprint density at radius 3 is 2.11 bits per heavy atom. The molecule has 0 fully saturated rings. The highest BCUT2D eigenvalue weighted by Crippen LogP contribution is 2.23. The molecule has 0 aliphatic rings. The van der Waals surface area contributed by atoms with Crippen LogP contribution in [0.4, 0.5) is 4.39 Å². The maximum absolute atomic E-state index is 12.8. The highest BCUT2D eigenvalue weighted by Gasteiger charge is 2.11. The second-order valence-electron chi connectivity index (χ2n) is 4.07. The number of hydrogen-bond acceptors (Lipinski definition) is 3. The van der Waals surface area contributed by atoms with E-state index < -0.39 is 0 Å². The van der Waals surface area contributed by atoms with Gasteiger partial charge in [-0.2, -0.15) is 0 Å². The van der Waals surface area contributed by atoms with Gasteiger partial charge in [0.2, 0.25) is 0 Å². The van der Waals surface area contributed by atoms with Crippen LogP contribution in [0.15, 0.2) is 48.5 Å². The Morgan fingerprint density at radius 1 is 1.00 bits per heavy atom. The fourth-order valence-electron chi connectivity index (χ4n) is 1.75. The quantitative estimate of drug-likeness (QED) is 0.900. The van der Waals surface area contributed by atoms with Crippen molar-refractivity contribution in [3.8, 4) is 11.5 Å². The van der Waals surface area contributed by atoms with Crippen LogP contribution < -0.4 is 15.2 Å². The monoisotopic (exact) mass is 261 g/mol. The van der Waals surface area contributed by atoms with Crippen LogP contribution in [0.3, 0.4) is 0 Å². The van der Waals surface area contributed by atoms with Gasteiger partial charge >= 0.3 is 0 Å². The van der Waals surface area contributed by atoms with Gasteiger partial charge in [-0.05, 0) is 42.0 Å². The van der Waals surface area contributed by atoms with Crippen LogP contribution in [0.2, 0.25) is 0 Å². The standard InChI is InChI=1S/C15H16FNO2/c1-18-13-6-2-11(3-7-13)15(10-17)19-14-8-4-12(16)5-9-14/h2-9,15H,10,17H2,1H3. The number of hydrogen-bond donors (Lipinski definition) is 1. The first-order valence-corrected chi connectivity index (χ1v) is 5.99. The molecule has 0 aliphatic heterocycles. The summed E-state index contributed by atoms with van der Waals surface area (Å²) in [7, 11) is 1.62. The van der Waals surface area contributed by atoms with E-state index in [0.717, 1.165) is 11.3 Å². The van der Waals surface area contributed by atoms with E-state index in [2.05, 4.69) is 0 Å². The maximum atomic E-state index is 12.8. The molecule has 2 aromatic rings. The van der Waals surface area contributed by atoms with E-state index in [1.807, 2.05) is 24.3 Å². The van der Waals surface area contributed by atoms with Crippen LogP contribution in [-0.2, 0) is 0 Å². The van der Waals surface area contributed by atoms with E-state index >= 15 is 0 Å². The number of benzene rings is 2. The lowest BCUT2D eigenvalue weighted by Crippen LogP contribution is -2.18. The summed E-state index contributed by atoms with van der Waals surface area (Å²) in [5.41, 5.74) is 6.67. The van der Waals surface area contributed by atoms with Crippen molar-refractivity contribution in [2.75, 3.05) is 13.7 Å². The third kappa shape index (κ3) is 3.45. The molecule has 0 amide bonds. The van der Waals surface area contributed by atoms with Crippen LogP contribution in [-0.4, -0.2) is 13.7 Å². The topological polar surface area (TPSA) is 44.5 Å². The third-order valence-corrected chi connectivity index (χ3v) is 2.79. The van der Waals surface area contributed by atoms with Crippen molar-refractivity contribution < 1.29 is 13.9 Å². The lowest BCUT2D eigenvalue weighted by atomic mass is 10.1. The smallest absolute Gasteiger partial charge is 0.136 e. The molecule has 0 saturated heterocycles. The summed E-state index contributed by atoms with van der Waals surface area (Å²) in [5, 5.41) is 0. The third-order valence-electron chi connectivity index (χ3n) is 2.79. The Balaban J connectivity index is 2.12. The SMILES string of the molecule is COc1ccc(C(CN)Oc2ccc(F)cc2)cc1. The van der Waals surface area contributed by atoms with E-state index in [-0.39, 0.29) is 11.9 Å². The van der Waals surface area contributed by atoms with Crippen molar-refractivity contribution in [3.63, 3.8) is 0 Å². The molecule has 4 heteroatoms. The molecule has 0 aromatic heterocycles. The molecule has 0 heterocycles. The van der Waals surface area contributed by atoms with Crippen LogP contribution in [0.1, 0.15) is 11.7 Å². The zero-order valence-corrected chi connectivity index (χ0v) is 10.7. The van der Waals surface area contributed by atoms with Gasteiger partial charge in [-0.3, -0.25) is 0 Å². The molecule has 0 aliphatic carbocycles. The second kappa shape index (κ2) is 6.20. The van der Waals surface area contributed by atoms with Gasteiger partial charge in [0.05, 0.1) is 7.11 Å². The average molecular weight is 261 g/mol. The number of halogens is 1. The predicted molar refractivity (Wildman–Crippen MR) is 71.8 cm³/mol. The van der Waals surface area contributed by atoms with Crippen molar-refractivity contribution in [3.05, 3.63) is 59.9 Å². The molecule has 0 spiro atoms. The lowest BCUT2D eigenvalue weighted by molar-refractivity contribution is 0.214. The van der Waals surface area contributed by atoms with Gasteiger partial charge in [0.1, 0.15) is 23.4 Å². The number of rotatable bonds is 5. The Labute approximate surface area is 111 Å². The highest BCUT2D eigenvalue weighted by atomic mass is 19.1. The van der Waals surface area contributed by atoms with E-state index in [1.165, 1.54) is 12.1 Å². The zero-order chi connectivity index (χ0) is 13.7. The summed E-state index contributed by atoms with van der Waals surface area (Å²) in [6.07, 6.45) is -0.267. The number of methoxy groups -OCH3 is 1. The number of nitrogens with two attached hydrogens (primary N) is 1. The Morgan fingerprint density at radius 2 is 1.58 bits per heavy atom. The minimum Gasteiger partial charge on any atom is -0.497 e. The molecule has 0 saturated carbocycles. The normalized spacial score (nSPS) is 11.9. The molecule has 3 nitrogen and oxygen atoms in total. The first-order chi connectivity index (χ1) is 9.22. The molecule has 100 valence electrons. The summed E-state index contributed by atoms with van der Waals surface area (Å²) < 4.78 is 23.7. The van der Waals surface area contributed by atoms with Gasteiger partial charge in [0.25, 0.3) is 0 Å². The highest BCUT2D eigenvalue weighted by molar-refractivity contribution is 5.30. The van der Waals surface area contributed by atoms with Gasteiger partial charge in [-0.25, -0.2) is 4.39 Å². The summed E-state index contributed by atoms with van der Waals surface area (Å²) in [6.45, 7) is 0.337. The summed E-state index contributed by atoms with van der Waals surface area (Å²) in [5.74, 6) is 1.08. The average Bonchev–Trinajstić information content (AvgIpc) is 2.47. The van der Waals surface area contributed by atoms with Gasteiger partial charge in [-0.15, -0.1) is 0 Å². The first kappa shape index (κ1) is 13.4. The fourth-order valence-corrected chi connectivity index (χ4v) is 1.75. The van der Waals surface area contributed by atoms with E-state index in [0.29, 0.717) is 12.3 Å². The minimum atomic E-state index is -0.291. The fraction of sp³-hybridized carbons (Fsp3) is 0.200. The van der Waals surface area contributed by atoms with Crippen LogP contribution in [0.25, 0.3) is 0 Å². The van der Waals surface area contributed by atoms with Gasteiger partial charge in [-0.1, -0.05) is 12.1 Å². The Bertz CT molecular complexity index is 511. The van der Waals surface area contributed by atoms with E-state index in [9.17, 15) is 4.39 Å². The van der Waals surface area contributed by atoms with Crippen LogP contribution in [0.5, 0.6) is 11.5 Å². The largest absolute Gasteiger partial charge is 0.497 e. The van der Waals surface area contributed by atoms with Crippen LogP contribution in [0, 0.1) is 5.82 Å². The molecule has 1 atom stereocenters. The molecule has 19 heavy (non-hydrogen) atoms. The molecule has 2 N–H and O–H groups in total.